The SMILES string of the molecule is CC(NC1CCCSC1)C1CC2C=CC1C2. The summed E-state index contributed by atoms with van der Waals surface area (Å²) in [5.41, 5.74) is 0. The first-order valence-electron chi connectivity index (χ1n) is 6.85. The lowest BCUT2D eigenvalue weighted by atomic mass is 9.87. The van der Waals surface area contributed by atoms with E-state index in [-0.39, 0.29) is 0 Å². The molecule has 2 heteroatoms. The first-order valence-corrected chi connectivity index (χ1v) is 8.00. The van der Waals surface area contributed by atoms with Crippen LogP contribution >= 0.6 is 11.8 Å². The van der Waals surface area contributed by atoms with Crippen molar-refractivity contribution in [3.8, 4) is 0 Å². The topological polar surface area (TPSA) is 12.0 Å². The molecule has 16 heavy (non-hydrogen) atoms. The molecule has 1 heterocycles. The summed E-state index contributed by atoms with van der Waals surface area (Å²) in [7, 11) is 0. The second-order valence-electron chi connectivity index (χ2n) is 5.81. The Bertz CT molecular complexity index is 270. The van der Waals surface area contributed by atoms with Gasteiger partial charge in [0.15, 0.2) is 0 Å². The highest BCUT2D eigenvalue weighted by atomic mass is 32.2. The fourth-order valence-electron chi connectivity index (χ4n) is 3.77. The molecule has 5 unspecified atom stereocenters. The number of fused-ring (bicyclic) bond motifs is 2. The second kappa shape index (κ2) is 4.73. The largest absolute Gasteiger partial charge is 0.310 e. The van der Waals surface area contributed by atoms with Gasteiger partial charge in [-0.25, -0.2) is 0 Å². The maximum atomic E-state index is 3.89. The zero-order valence-corrected chi connectivity index (χ0v) is 11.0. The highest BCUT2D eigenvalue weighted by Crippen LogP contribution is 2.45. The van der Waals surface area contributed by atoms with E-state index in [0.717, 1.165) is 29.8 Å². The van der Waals surface area contributed by atoms with Gasteiger partial charge < -0.3 is 5.32 Å². The van der Waals surface area contributed by atoms with Crippen molar-refractivity contribution in [2.45, 2.75) is 44.7 Å². The van der Waals surface area contributed by atoms with Crippen molar-refractivity contribution in [3.05, 3.63) is 12.2 Å². The summed E-state index contributed by atoms with van der Waals surface area (Å²) in [4.78, 5) is 0. The third-order valence-electron chi connectivity index (χ3n) is 4.63. The van der Waals surface area contributed by atoms with E-state index in [1.54, 1.807) is 0 Å². The Hall–Kier alpha value is 0.0500. The van der Waals surface area contributed by atoms with Crippen LogP contribution in [0.2, 0.25) is 0 Å². The standard InChI is InChI=1S/C14H23NS/c1-10(15-13-3-2-6-16-9-13)14-8-11-4-5-12(14)7-11/h4-5,10-15H,2-3,6-9H2,1H3. The normalized spacial score (nSPS) is 43.8. The first kappa shape index (κ1) is 11.2. The van der Waals surface area contributed by atoms with Crippen molar-refractivity contribution in [1.29, 1.82) is 0 Å². The summed E-state index contributed by atoms with van der Waals surface area (Å²) in [5, 5.41) is 3.89. The van der Waals surface area contributed by atoms with Gasteiger partial charge in [-0.1, -0.05) is 12.2 Å². The predicted octanol–water partition coefficient (Wildman–Crippen LogP) is 3.07. The molecular formula is C14H23NS. The van der Waals surface area contributed by atoms with Gasteiger partial charge in [0.1, 0.15) is 0 Å². The van der Waals surface area contributed by atoms with Crippen molar-refractivity contribution in [2.75, 3.05) is 11.5 Å². The maximum absolute atomic E-state index is 3.89. The Balaban J connectivity index is 1.53. The highest BCUT2D eigenvalue weighted by molar-refractivity contribution is 7.99. The molecule has 1 nitrogen and oxygen atoms in total. The summed E-state index contributed by atoms with van der Waals surface area (Å²) in [6, 6.07) is 1.51. The fraction of sp³-hybridized carbons (Fsp3) is 0.857. The highest BCUT2D eigenvalue weighted by Gasteiger charge is 2.38. The smallest absolute Gasteiger partial charge is 0.0161 e. The Morgan fingerprint density at radius 3 is 2.88 bits per heavy atom. The number of hydrogen-bond donors (Lipinski definition) is 1. The minimum absolute atomic E-state index is 0.726. The number of allylic oxidation sites excluding steroid dienone is 2. The third-order valence-corrected chi connectivity index (χ3v) is 5.85. The number of hydrogen-bond acceptors (Lipinski definition) is 2. The lowest BCUT2D eigenvalue weighted by Gasteiger charge is -2.32. The van der Waals surface area contributed by atoms with Crippen molar-refractivity contribution in [3.63, 3.8) is 0 Å². The van der Waals surface area contributed by atoms with Crippen molar-refractivity contribution >= 4 is 11.8 Å². The van der Waals surface area contributed by atoms with Gasteiger partial charge in [0.2, 0.25) is 0 Å². The summed E-state index contributed by atoms with van der Waals surface area (Å²) >= 11 is 2.13. The van der Waals surface area contributed by atoms with E-state index in [0.29, 0.717) is 0 Å². The van der Waals surface area contributed by atoms with Gasteiger partial charge in [0, 0.05) is 17.8 Å². The van der Waals surface area contributed by atoms with E-state index in [2.05, 4.69) is 36.2 Å². The monoisotopic (exact) mass is 237 g/mol. The van der Waals surface area contributed by atoms with Crippen molar-refractivity contribution in [1.82, 2.24) is 5.32 Å². The van der Waals surface area contributed by atoms with Crippen LogP contribution in [-0.2, 0) is 0 Å². The molecule has 0 amide bonds. The lowest BCUT2D eigenvalue weighted by Crippen LogP contribution is -2.44. The van der Waals surface area contributed by atoms with Gasteiger partial charge in [-0.3, -0.25) is 0 Å². The van der Waals surface area contributed by atoms with E-state index in [4.69, 9.17) is 0 Å². The van der Waals surface area contributed by atoms with E-state index in [1.165, 1.54) is 37.2 Å². The van der Waals surface area contributed by atoms with E-state index in [1.807, 2.05) is 0 Å². The zero-order valence-electron chi connectivity index (χ0n) is 10.2. The van der Waals surface area contributed by atoms with Gasteiger partial charge >= 0.3 is 0 Å². The number of thioether (sulfide) groups is 1. The van der Waals surface area contributed by atoms with Gasteiger partial charge in [-0.05, 0) is 56.1 Å². The van der Waals surface area contributed by atoms with Crippen LogP contribution in [0.25, 0.3) is 0 Å². The van der Waals surface area contributed by atoms with Crippen LogP contribution in [0.1, 0.15) is 32.6 Å². The van der Waals surface area contributed by atoms with E-state index < -0.39 is 0 Å². The second-order valence-corrected chi connectivity index (χ2v) is 6.96. The molecule has 90 valence electrons. The molecular weight excluding hydrogens is 214 g/mol. The Kier molecular flexibility index (Phi) is 3.30. The quantitative estimate of drug-likeness (QED) is 0.757. The minimum atomic E-state index is 0.726. The van der Waals surface area contributed by atoms with E-state index >= 15 is 0 Å². The molecule has 0 radical (unpaired) electrons. The average Bonchev–Trinajstić information content (AvgIpc) is 2.92. The lowest BCUT2D eigenvalue weighted by molar-refractivity contribution is 0.300. The van der Waals surface area contributed by atoms with Gasteiger partial charge in [0.25, 0.3) is 0 Å². The maximum Gasteiger partial charge on any atom is 0.0161 e. The summed E-state index contributed by atoms with van der Waals surface area (Å²) in [5.74, 6) is 5.44. The van der Waals surface area contributed by atoms with Crippen LogP contribution in [0.3, 0.4) is 0 Å². The molecule has 0 aromatic rings. The summed E-state index contributed by atoms with van der Waals surface area (Å²) < 4.78 is 0. The molecule has 2 fully saturated rings. The fourth-order valence-corrected chi connectivity index (χ4v) is 4.85. The van der Waals surface area contributed by atoms with Crippen molar-refractivity contribution < 1.29 is 0 Å². The zero-order chi connectivity index (χ0) is 11.0. The molecule has 1 saturated carbocycles. The molecule has 3 aliphatic rings. The average molecular weight is 237 g/mol. The third kappa shape index (κ3) is 2.19. The molecule has 3 rings (SSSR count). The first-order chi connectivity index (χ1) is 7.83. The van der Waals surface area contributed by atoms with E-state index in [9.17, 15) is 0 Å². The van der Waals surface area contributed by atoms with Crippen LogP contribution in [0.15, 0.2) is 12.2 Å². The molecule has 1 N–H and O–H groups in total. The minimum Gasteiger partial charge on any atom is -0.310 e. The molecule has 2 bridgehead atoms. The number of nitrogens with one attached hydrogen (secondary N) is 1. The molecule has 0 aromatic carbocycles. The van der Waals surface area contributed by atoms with Crippen LogP contribution in [-0.4, -0.2) is 23.6 Å². The van der Waals surface area contributed by atoms with Gasteiger partial charge in [-0.15, -0.1) is 0 Å². The Morgan fingerprint density at radius 2 is 2.25 bits per heavy atom. The van der Waals surface area contributed by atoms with Crippen LogP contribution in [0.5, 0.6) is 0 Å². The molecule has 0 aromatic heterocycles. The molecule has 5 atom stereocenters. The molecule has 1 saturated heterocycles. The number of rotatable bonds is 3. The van der Waals surface area contributed by atoms with Gasteiger partial charge in [-0.2, -0.15) is 11.8 Å². The molecule has 0 spiro atoms. The van der Waals surface area contributed by atoms with Crippen LogP contribution in [0.4, 0.5) is 0 Å². The van der Waals surface area contributed by atoms with Crippen molar-refractivity contribution in [2.24, 2.45) is 17.8 Å². The summed E-state index contributed by atoms with van der Waals surface area (Å²) in [6.07, 6.45) is 10.6. The molecule has 1 aliphatic heterocycles. The van der Waals surface area contributed by atoms with Crippen LogP contribution < -0.4 is 5.32 Å². The predicted molar refractivity (Wildman–Crippen MR) is 71.8 cm³/mol. The van der Waals surface area contributed by atoms with Crippen LogP contribution in [0, 0.1) is 17.8 Å². The Labute approximate surface area is 103 Å². The summed E-state index contributed by atoms with van der Waals surface area (Å²) in [6.45, 7) is 2.42. The Morgan fingerprint density at radius 1 is 1.31 bits per heavy atom. The molecule has 2 aliphatic carbocycles. The van der Waals surface area contributed by atoms with Gasteiger partial charge in [0.05, 0.1) is 0 Å².